The average molecular weight is 255 g/mol. The molecule has 2 heterocycles. The van der Waals surface area contributed by atoms with Gasteiger partial charge in [0.15, 0.2) is 0 Å². The molecular formula is C14H13N3S. The van der Waals surface area contributed by atoms with Crippen molar-refractivity contribution in [3.05, 3.63) is 59.2 Å². The SMILES string of the molecule is NCC(c1cccnn1)c1csc2ccccc12. The minimum Gasteiger partial charge on any atom is -0.329 e. The number of hydrogen-bond acceptors (Lipinski definition) is 4. The molecule has 90 valence electrons. The Morgan fingerprint density at radius 3 is 2.83 bits per heavy atom. The van der Waals surface area contributed by atoms with Crippen LogP contribution in [0, 0.1) is 0 Å². The zero-order valence-corrected chi connectivity index (χ0v) is 10.6. The normalized spacial score (nSPS) is 12.7. The molecule has 0 radical (unpaired) electrons. The van der Waals surface area contributed by atoms with E-state index in [-0.39, 0.29) is 5.92 Å². The number of nitrogens with two attached hydrogens (primary N) is 1. The van der Waals surface area contributed by atoms with Crippen molar-refractivity contribution in [1.29, 1.82) is 0 Å². The van der Waals surface area contributed by atoms with Crippen molar-refractivity contribution in [2.75, 3.05) is 6.54 Å². The van der Waals surface area contributed by atoms with Crippen molar-refractivity contribution in [2.24, 2.45) is 5.73 Å². The number of rotatable bonds is 3. The molecule has 0 aliphatic carbocycles. The predicted octanol–water partition coefficient (Wildman–Crippen LogP) is 2.78. The molecule has 0 saturated carbocycles. The van der Waals surface area contributed by atoms with Gasteiger partial charge >= 0.3 is 0 Å². The van der Waals surface area contributed by atoms with Gasteiger partial charge in [-0.3, -0.25) is 0 Å². The lowest BCUT2D eigenvalue weighted by Crippen LogP contribution is -2.15. The first kappa shape index (κ1) is 11.3. The van der Waals surface area contributed by atoms with Gasteiger partial charge in [0, 0.05) is 23.4 Å². The molecule has 1 atom stereocenters. The summed E-state index contributed by atoms with van der Waals surface area (Å²) in [6.07, 6.45) is 1.68. The lowest BCUT2D eigenvalue weighted by Gasteiger charge is -2.12. The molecule has 2 aromatic heterocycles. The van der Waals surface area contributed by atoms with Gasteiger partial charge in [0.2, 0.25) is 0 Å². The van der Waals surface area contributed by atoms with Gasteiger partial charge in [-0.25, -0.2) is 0 Å². The van der Waals surface area contributed by atoms with Crippen LogP contribution in [-0.2, 0) is 0 Å². The van der Waals surface area contributed by atoms with Crippen molar-refractivity contribution in [3.8, 4) is 0 Å². The Labute approximate surface area is 109 Å². The Bertz CT molecular complexity index is 648. The van der Waals surface area contributed by atoms with Gasteiger partial charge in [-0.05, 0) is 34.5 Å². The number of nitrogens with zero attached hydrogens (tertiary/aromatic N) is 2. The zero-order chi connectivity index (χ0) is 12.4. The minimum atomic E-state index is 0.120. The van der Waals surface area contributed by atoms with Crippen molar-refractivity contribution in [1.82, 2.24) is 10.2 Å². The quantitative estimate of drug-likeness (QED) is 0.783. The molecule has 0 aliphatic rings. The van der Waals surface area contributed by atoms with Crippen LogP contribution in [0.5, 0.6) is 0 Å². The summed E-state index contributed by atoms with van der Waals surface area (Å²) >= 11 is 1.75. The van der Waals surface area contributed by atoms with Crippen LogP contribution in [0.1, 0.15) is 17.2 Å². The van der Waals surface area contributed by atoms with E-state index in [1.807, 2.05) is 12.1 Å². The molecule has 1 aromatic carbocycles. The fourth-order valence-electron chi connectivity index (χ4n) is 2.17. The summed E-state index contributed by atoms with van der Waals surface area (Å²) in [6.45, 7) is 0.541. The Hall–Kier alpha value is -1.78. The molecule has 0 spiro atoms. The van der Waals surface area contributed by atoms with Gasteiger partial charge in [-0.1, -0.05) is 18.2 Å². The molecule has 0 bridgehead atoms. The van der Waals surface area contributed by atoms with E-state index in [1.165, 1.54) is 15.6 Å². The van der Waals surface area contributed by atoms with Crippen LogP contribution in [0.4, 0.5) is 0 Å². The average Bonchev–Trinajstić information content (AvgIpc) is 2.85. The predicted molar refractivity (Wildman–Crippen MR) is 74.8 cm³/mol. The van der Waals surface area contributed by atoms with Crippen molar-refractivity contribution in [3.63, 3.8) is 0 Å². The molecular weight excluding hydrogens is 242 g/mol. The van der Waals surface area contributed by atoms with Gasteiger partial charge in [-0.2, -0.15) is 10.2 Å². The Morgan fingerprint density at radius 1 is 1.17 bits per heavy atom. The maximum atomic E-state index is 5.92. The van der Waals surface area contributed by atoms with Gasteiger partial charge in [0.25, 0.3) is 0 Å². The summed E-state index contributed by atoms with van der Waals surface area (Å²) in [6, 6.07) is 12.3. The lowest BCUT2D eigenvalue weighted by molar-refractivity contribution is 0.767. The monoisotopic (exact) mass is 255 g/mol. The summed E-state index contributed by atoms with van der Waals surface area (Å²) in [5.41, 5.74) is 8.11. The number of hydrogen-bond donors (Lipinski definition) is 1. The third-order valence-electron chi connectivity index (χ3n) is 3.07. The summed E-state index contributed by atoms with van der Waals surface area (Å²) in [4.78, 5) is 0. The van der Waals surface area contributed by atoms with Crippen LogP contribution in [0.15, 0.2) is 48.0 Å². The zero-order valence-electron chi connectivity index (χ0n) is 9.78. The molecule has 3 aromatic rings. The van der Waals surface area contributed by atoms with Crippen LogP contribution in [0.3, 0.4) is 0 Å². The van der Waals surface area contributed by atoms with E-state index >= 15 is 0 Å². The highest BCUT2D eigenvalue weighted by atomic mass is 32.1. The Kier molecular flexibility index (Phi) is 3.04. The lowest BCUT2D eigenvalue weighted by atomic mass is 9.95. The van der Waals surface area contributed by atoms with E-state index in [2.05, 4.69) is 39.8 Å². The molecule has 0 fully saturated rings. The minimum absolute atomic E-state index is 0.120. The molecule has 0 amide bonds. The van der Waals surface area contributed by atoms with E-state index in [9.17, 15) is 0 Å². The largest absolute Gasteiger partial charge is 0.329 e. The smallest absolute Gasteiger partial charge is 0.0719 e. The Balaban J connectivity index is 2.12. The highest BCUT2D eigenvalue weighted by molar-refractivity contribution is 7.17. The van der Waals surface area contributed by atoms with Gasteiger partial charge < -0.3 is 5.73 Å². The first-order valence-corrected chi connectivity index (χ1v) is 6.72. The molecule has 4 heteroatoms. The van der Waals surface area contributed by atoms with Crippen LogP contribution in [0.25, 0.3) is 10.1 Å². The van der Waals surface area contributed by atoms with E-state index in [1.54, 1.807) is 17.5 Å². The van der Waals surface area contributed by atoms with Crippen LogP contribution < -0.4 is 5.73 Å². The summed E-state index contributed by atoms with van der Waals surface area (Å²) in [5.74, 6) is 0.120. The van der Waals surface area contributed by atoms with Crippen LogP contribution in [-0.4, -0.2) is 16.7 Å². The van der Waals surface area contributed by atoms with E-state index < -0.39 is 0 Å². The highest BCUT2D eigenvalue weighted by Crippen LogP contribution is 2.33. The van der Waals surface area contributed by atoms with Crippen molar-refractivity contribution >= 4 is 21.4 Å². The first-order valence-electron chi connectivity index (χ1n) is 5.84. The molecule has 3 nitrogen and oxygen atoms in total. The summed E-state index contributed by atoms with van der Waals surface area (Å²) < 4.78 is 1.29. The molecule has 18 heavy (non-hydrogen) atoms. The van der Waals surface area contributed by atoms with Gasteiger partial charge in [-0.15, -0.1) is 11.3 Å². The number of benzene rings is 1. The third kappa shape index (κ3) is 1.89. The fraction of sp³-hybridized carbons (Fsp3) is 0.143. The standard InChI is InChI=1S/C14H13N3S/c15-8-11(13-5-3-7-16-17-13)12-9-18-14-6-2-1-4-10(12)14/h1-7,9,11H,8,15H2. The second-order valence-corrected chi connectivity index (χ2v) is 5.04. The summed E-state index contributed by atoms with van der Waals surface area (Å²) in [5, 5.41) is 11.6. The van der Waals surface area contributed by atoms with Crippen molar-refractivity contribution in [2.45, 2.75) is 5.92 Å². The topological polar surface area (TPSA) is 51.8 Å². The molecule has 1 unspecified atom stereocenters. The van der Waals surface area contributed by atoms with Crippen molar-refractivity contribution < 1.29 is 0 Å². The van der Waals surface area contributed by atoms with Crippen LogP contribution >= 0.6 is 11.3 Å². The van der Waals surface area contributed by atoms with Crippen LogP contribution in [0.2, 0.25) is 0 Å². The molecule has 3 rings (SSSR count). The van der Waals surface area contributed by atoms with Gasteiger partial charge in [0.1, 0.15) is 0 Å². The first-order chi connectivity index (χ1) is 8.90. The maximum absolute atomic E-state index is 5.92. The highest BCUT2D eigenvalue weighted by Gasteiger charge is 2.17. The molecule has 0 saturated heterocycles. The fourth-order valence-corrected chi connectivity index (χ4v) is 3.19. The number of thiophene rings is 1. The second kappa shape index (κ2) is 4.84. The maximum Gasteiger partial charge on any atom is 0.0719 e. The van der Waals surface area contributed by atoms with E-state index in [4.69, 9.17) is 5.73 Å². The number of aromatic nitrogens is 2. The molecule has 2 N–H and O–H groups in total. The molecule has 0 aliphatic heterocycles. The third-order valence-corrected chi connectivity index (χ3v) is 4.05. The number of fused-ring (bicyclic) bond motifs is 1. The summed E-state index contributed by atoms with van der Waals surface area (Å²) in [7, 11) is 0. The Morgan fingerprint density at radius 2 is 2.06 bits per heavy atom. The second-order valence-electron chi connectivity index (χ2n) is 4.12. The van der Waals surface area contributed by atoms with E-state index in [0.717, 1.165) is 5.69 Å². The van der Waals surface area contributed by atoms with E-state index in [0.29, 0.717) is 6.54 Å². The van der Waals surface area contributed by atoms with Gasteiger partial charge in [0.05, 0.1) is 5.69 Å².